The molecule has 0 bridgehead atoms. The van der Waals surface area contributed by atoms with E-state index in [-0.39, 0.29) is 11.8 Å². The molecule has 2 amide bonds. The van der Waals surface area contributed by atoms with Crippen LogP contribution < -0.4 is 16.0 Å². The number of nitrogens with zero attached hydrogens (tertiary/aromatic N) is 2. The molecule has 3 N–H and O–H groups in total. The summed E-state index contributed by atoms with van der Waals surface area (Å²) >= 11 is 0. The van der Waals surface area contributed by atoms with Gasteiger partial charge in [-0.05, 0) is 18.4 Å². The second-order valence-corrected chi connectivity index (χ2v) is 8.32. The number of rotatable bonds is 4. The molecule has 1 aliphatic rings. The Morgan fingerprint density at radius 2 is 2.04 bits per heavy atom. The SMILES string of the molecule is CNC(=O)C(NC(=O)c1nc(-c2cccc(C)c2)n2c1CNCC2)C(C)(C)C. The van der Waals surface area contributed by atoms with Gasteiger partial charge in [-0.15, -0.1) is 0 Å². The summed E-state index contributed by atoms with van der Waals surface area (Å²) in [5, 5.41) is 8.84. The van der Waals surface area contributed by atoms with Crippen LogP contribution in [0.5, 0.6) is 0 Å². The first kappa shape index (κ1) is 20.1. The predicted octanol–water partition coefficient (Wildman–Crippen LogP) is 1.85. The number of benzene rings is 1. The zero-order chi connectivity index (χ0) is 20.5. The Balaban J connectivity index is 2.00. The zero-order valence-electron chi connectivity index (χ0n) is 17.2. The molecule has 150 valence electrons. The third kappa shape index (κ3) is 3.94. The van der Waals surface area contributed by atoms with Gasteiger partial charge in [-0.2, -0.15) is 0 Å². The van der Waals surface area contributed by atoms with Gasteiger partial charge in [0.1, 0.15) is 11.9 Å². The molecule has 0 radical (unpaired) electrons. The van der Waals surface area contributed by atoms with Gasteiger partial charge in [0, 0.05) is 32.2 Å². The fraction of sp³-hybridized carbons (Fsp3) is 0.476. The van der Waals surface area contributed by atoms with E-state index < -0.39 is 11.5 Å². The maximum absolute atomic E-state index is 13.1. The standard InChI is InChI=1S/C21H29N5O2/c1-13-7-6-8-14(11-13)18-24-16(15-12-23-9-10-26(15)18)19(27)25-17(20(28)22-5)21(2,3)4/h6-8,11,17,23H,9-10,12H2,1-5H3,(H,22,28)(H,25,27). The topological polar surface area (TPSA) is 88.1 Å². The van der Waals surface area contributed by atoms with Crippen LogP contribution in [0.15, 0.2) is 24.3 Å². The van der Waals surface area contributed by atoms with Crippen LogP contribution in [-0.4, -0.2) is 41.0 Å². The molecule has 0 fully saturated rings. The van der Waals surface area contributed by atoms with Crippen molar-refractivity contribution in [1.29, 1.82) is 0 Å². The van der Waals surface area contributed by atoms with Crippen molar-refractivity contribution in [3.05, 3.63) is 41.2 Å². The molecule has 1 unspecified atom stereocenters. The molecule has 1 atom stereocenters. The van der Waals surface area contributed by atoms with Gasteiger partial charge >= 0.3 is 0 Å². The summed E-state index contributed by atoms with van der Waals surface area (Å²) in [6.45, 7) is 9.96. The number of likely N-dealkylation sites (N-methyl/N-ethyl adjacent to an activating group) is 1. The van der Waals surface area contributed by atoms with Crippen molar-refractivity contribution in [2.75, 3.05) is 13.6 Å². The Morgan fingerprint density at radius 1 is 1.29 bits per heavy atom. The Bertz CT molecular complexity index is 895. The average molecular weight is 383 g/mol. The Labute approximate surface area is 165 Å². The van der Waals surface area contributed by atoms with E-state index in [4.69, 9.17) is 4.98 Å². The van der Waals surface area contributed by atoms with Crippen LogP contribution in [0.25, 0.3) is 11.4 Å². The fourth-order valence-corrected chi connectivity index (χ4v) is 3.51. The van der Waals surface area contributed by atoms with Crippen molar-refractivity contribution in [3.63, 3.8) is 0 Å². The smallest absolute Gasteiger partial charge is 0.272 e. The molecule has 0 spiro atoms. The van der Waals surface area contributed by atoms with E-state index in [1.54, 1.807) is 7.05 Å². The summed E-state index contributed by atoms with van der Waals surface area (Å²) in [7, 11) is 1.57. The number of amides is 2. The van der Waals surface area contributed by atoms with E-state index in [1.165, 1.54) is 0 Å². The highest BCUT2D eigenvalue weighted by Crippen LogP contribution is 2.26. The summed E-state index contributed by atoms with van der Waals surface area (Å²) in [5.74, 6) is 0.249. The molecule has 1 aliphatic heterocycles. The van der Waals surface area contributed by atoms with Gasteiger partial charge in [-0.3, -0.25) is 9.59 Å². The van der Waals surface area contributed by atoms with Crippen molar-refractivity contribution in [1.82, 2.24) is 25.5 Å². The van der Waals surface area contributed by atoms with E-state index in [2.05, 4.69) is 26.6 Å². The van der Waals surface area contributed by atoms with Gasteiger partial charge in [0.05, 0.1) is 5.69 Å². The number of carbonyl (C=O) groups excluding carboxylic acids is 2. The monoisotopic (exact) mass is 383 g/mol. The highest BCUT2D eigenvalue weighted by atomic mass is 16.2. The number of nitrogens with one attached hydrogen (secondary N) is 3. The van der Waals surface area contributed by atoms with Crippen LogP contribution in [0.3, 0.4) is 0 Å². The molecule has 7 heteroatoms. The lowest BCUT2D eigenvalue weighted by Gasteiger charge is -2.29. The number of imidazole rings is 1. The summed E-state index contributed by atoms with van der Waals surface area (Å²) in [5.41, 5.74) is 2.93. The van der Waals surface area contributed by atoms with E-state index >= 15 is 0 Å². The van der Waals surface area contributed by atoms with Crippen molar-refractivity contribution in [2.24, 2.45) is 5.41 Å². The minimum Gasteiger partial charge on any atom is -0.357 e. The lowest BCUT2D eigenvalue weighted by atomic mass is 9.86. The first-order valence-electron chi connectivity index (χ1n) is 9.62. The summed E-state index contributed by atoms with van der Waals surface area (Å²) in [6.07, 6.45) is 0. The fourth-order valence-electron chi connectivity index (χ4n) is 3.51. The van der Waals surface area contributed by atoms with Crippen LogP contribution in [0, 0.1) is 12.3 Å². The highest BCUT2D eigenvalue weighted by Gasteiger charge is 2.34. The van der Waals surface area contributed by atoms with Crippen molar-refractivity contribution in [3.8, 4) is 11.4 Å². The van der Waals surface area contributed by atoms with Gasteiger partial charge < -0.3 is 20.5 Å². The van der Waals surface area contributed by atoms with Crippen LogP contribution in [0.1, 0.15) is 42.5 Å². The zero-order valence-corrected chi connectivity index (χ0v) is 17.2. The van der Waals surface area contributed by atoms with Gasteiger partial charge in [0.25, 0.3) is 5.91 Å². The second kappa shape index (κ2) is 7.75. The number of hydrogen-bond acceptors (Lipinski definition) is 4. The Morgan fingerprint density at radius 3 is 2.68 bits per heavy atom. The van der Waals surface area contributed by atoms with E-state index in [1.807, 2.05) is 45.9 Å². The van der Waals surface area contributed by atoms with Crippen LogP contribution in [0.2, 0.25) is 0 Å². The molecule has 2 heterocycles. The van der Waals surface area contributed by atoms with Crippen LogP contribution >= 0.6 is 0 Å². The quantitative estimate of drug-likeness (QED) is 0.752. The Hall–Kier alpha value is -2.67. The third-order valence-electron chi connectivity index (χ3n) is 5.02. The minimum absolute atomic E-state index is 0.217. The average Bonchev–Trinajstić information content (AvgIpc) is 3.04. The number of aryl methyl sites for hydroxylation is 1. The van der Waals surface area contributed by atoms with Gasteiger partial charge in [0.2, 0.25) is 5.91 Å². The number of aromatic nitrogens is 2. The predicted molar refractivity (Wildman–Crippen MR) is 109 cm³/mol. The summed E-state index contributed by atoms with van der Waals surface area (Å²) < 4.78 is 2.10. The second-order valence-electron chi connectivity index (χ2n) is 8.32. The summed E-state index contributed by atoms with van der Waals surface area (Å²) in [6, 6.07) is 7.46. The van der Waals surface area contributed by atoms with Crippen LogP contribution in [-0.2, 0) is 17.9 Å². The van der Waals surface area contributed by atoms with E-state index in [9.17, 15) is 9.59 Å². The van der Waals surface area contributed by atoms with Gasteiger partial charge in [0.15, 0.2) is 5.69 Å². The molecule has 7 nitrogen and oxygen atoms in total. The molecule has 3 rings (SSSR count). The third-order valence-corrected chi connectivity index (χ3v) is 5.02. The molecule has 0 saturated heterocycles. The minimum atomic E-state index is -0.652. The van der Waals surface area contributed by atoms with Gasteiger partial charge in [-0.25, -0.2) is 4.98 Å². The Kier molecular flexibility index (Phi) is 5.56. The van der Waals surface area contributed by atoms with Gasteiger partial charge in [-0.1, -0.05) is 44.5 Å². The maximum Gasteiger partial charge on any atom is 0.272 e. The molecule has 0 saturated carbocycles. The molecule has 0 aliphatic carbocycles. The van der Waals surface area contributed by atoms with Crippen molar-refractivity contribution < 1.29 is 9.59 Å². The largest absolute Gasteiger partial charge is 0.357 e. The first-order valence-corrected chi connectivity index (χ1v) is 9.62. The van der Waals surface area contributed by atoms with Crippen molar-refractivity contribution >= 4 is 11.8 Å². The van der Waals surface area contributed by atoms with Crippen molar-refractivity contribution in [2.45, 2.75) is 46.8 Å². The lowest BCUT2D eigenvalue weighted by Crippen LogP contribution is -2.53. The molecule has 28 heavy (non-hydrogen) atoms. The van der Waals surface area contributed by atoms with E-state index in [0.29, 0.717) is 12.2 Å². The summed E-state index contributed by atoms with van der Waals surface area (Å²) in [4.78, 5) is 30.1. The molecule has 1 aromatic heterocycles. The first-order chi connectivity index (χ1) is 13.2. The molecule has 1 aromatic carbocycles. The number of hydrogen-bond donors (Lipinski definition) is 3. The maximum atomic E-state index is 13.1. The molecule has 2 aromatic rings. The number of carbonyl (C=O) groups is 2. The normalized spacial score (nSPS) is 14.9. The lowest BCUT2D eigenvalue weighted by molar-refractivity contribution is -0.124. The number of fused-ring (bicyclic) bond motifs is 1. The van der Waals surface area contributed by atoms with E-state index in [0.717, 1.165) is 35.7 Å². The highest BCUT2D eigenvalue weighted by molar-refractivity contribution is 5.97. The molecular formula is C21H29N5O2. The molecular weight excluding hydrogens is 354 g/mol. The van der Waals surface area contributed by atoms with Crippen LogP contribution in [0.4, 0.5) is 0 Å².